The number of methoxy groups -OCH3 is 1. The van der Waals surface area contributed by atoms with E-state index in [4.69, 9.17) is 14.5 Å². The van der Waals surface area contributed by atoms with Crippen LogP contribution in [0.4, 0.5) is 0 Å². The minimum absolute atomic E-state index is 0.135. The zero-order valence-corrected chi connectivity index (χ0v) is 20.0. The molecule has 0 radical (unpaired) electrons. The molecule has 1 aromatic rings. The fraction of sp³-hybridized carbons (Fsp3) is 0.640. The second-order valence-corrected chi connectivity index (χ2v) is 9.75. The van der Waals surface area contributed by atoms with Crippen molar-refractivity contribution in [1.82, 2.24) is 0 Å². The molecule has 0 fully saturated rings. The summed E-state index contributed by atoms with van der Waals surface area (Å²) >= 11 is 0. The minimum atomic E-state index is -0.774. The van der Waals surface area contributed by atoms with Crippen LogP contribution in [0.3, 0.4) is 0 Å². The molecule has 2 atom stereocenters. The number of hydrogen-bond acceptors (Lipinski definition) is 5. The summed E-state index contributed by atoms with van der Waals surface area (Å²) in [4.78, 5) is 30.3. The Kier molecular flexibility index (Phi) is 9.73. The van der Waals surface area contributed by atoms with Crippen molar-refractivity contribution in [2.45, 2.75) is 85.8 Å². The van der Waals surface area contributed by atoms with Gasteiger partial charge in [-0.2, -0.15) is 0 Å². The molecule has 5 nitrogen and oxygen atoms in total. The van der Waals surface area contributed by atoms with Crippen molar-refractivity contribution in [1.29, 1.82) is 0 Å². The van der Waals surface area contributed by atoms with Gasteiger partial charge in [0.05, 0.1) is 13.5 Å². The third-order valence-corrected chi connectivity index (χ3v) is 4.71. The molecule has 0 aliphatic heterocycles. The first-order valence-corrected chi connectivity index (χ1v) is 10.8. The van der Waals surface area contributed by atoms with Crippen LogP contribution in [-0.4, -0.2) is 36.4 Å². The third-order valence-electron chi connectivity index (χ3n) is 4.71. The van der Waals surface area contributed by atoms with Crippen LogP contribution < -0.4 is 0 Å². The maximum Gasteiger partial charge on any atom is 0.331 e. The van der Waals surface area contributed by atoms with Gasteiger partial charge in [-0.15, -0.1) is 0 Å². The highest BCUT2D eigenvalue weighted by molar-refractivity contribution is 6.05. The molecule has 0 heterocycles. The van der Waals surface area contributed by atoms with E-state index in [0.29, 0.717) is 6.42 Å². The molecule has 0 spiro atoms. The fourth-order valence-electron chi connectivity index (χ4n) is 3.28. The number of ether oxygens (including phenoxy) is 2. The maximum absolute atomic E-state index is 13.2. The van der Waals surface area contributed by atoms with Crippen molar-refractivity contribution in [2.75, 3.05) is 7.11 Å². The topological polar surface area (TPSA) is 65.0 Å². The van der Waals surface area contributed by atoms with Crippen molar-refractivity contribution < 1.29 is 19.1 Å². The number of esters is 2. The highest BCUT2D eigenvalue weighted by Gasteiger charge is 2.35. The maximum atomic E-state index is 13.2. The summed E-state index contributed by atoms with van der Waals surface area (Å²) in [7, 11) is 1.37. The molecule has 0 aromatic heterocycles. The first kappa shape index (κ1) is 25.9. The van der Waals surface area contributed by atoms with E-state index in [-0.39, 0.29) is 23.7 Å². The highest BCUT2D eigenvalue weighted by Crippen LogP contribution is 2.28. The summed E-state index contributed by atoms with van der Waals surface area (Å²) in [6, 6.07) is 9.10. The molecule has 0 unspecified atom stereocenters. The Labute approximate surface area is 182 Å². The molecule has 5 heteroatoms. The normalized spacial score (nSPS) is 14.7. The molecule has 0 aliphatic carbocycles. The fourth-order valence-corrected chi connectivity index (χ4v) is 3.28. The quantitative estimate of drug-likeness (QED) is 0.387. The predicted octanol–water partition coefficient (Wildman–Crippen LogP) is 5.60. The smallest absolute Gasteiger partial charge is 0.331 e. The van der Waals surface area contributed by atoms with E-state index in [0.717, 1.165) is 24.1 Å². The van der Waals surface area contributed by atoms with Crippen LogP contribution in [0.15, 0.2) is 35.3 Å². The van der Waals surface area contributed by atoms with Crippen molar-refractivity contribution in [2.24, 2.45) is 16.3 Å². The lowest BCUT2D eigenvalue weighted by Crippen LogP contribution is -2.38. The summed E-state index contributed by atoms with van der Waals surface area (Å²) < 4.78 is 10.6. The summed E-state index contributed by atoms with van der Waals surface area (Å²) in [5, 5.41) is 0. The van der Waals surface area contributed by atoms with Gasteiger partial charge >= 0.3 is 11.9 Å². The van der Waals surface area contributed by atoms with Crippen LogP contribution >= 0.6 is 0 Å². The zero-order chi connectivity index (χ0) is 22.9. The monoisotopic (exact) mass is 417 g/mol. The van der Waals surface area contributed by atoms with Crippen molar-refractivity contribution in [3.8, 4) is 0 Å². The molecular formula is C25H39NO4. The molecule has 0 saturated carbocycles. The van der Waals surface area contributed by atoms with E-state index >= 15 is 0 Å². The lowest BCUT2D eigenvalue weighted by molar-refractivity contribution is -0.158. The van der Waals surface area contributed by atoms with E-state index in [2.05, 4.69) is 27.7 Å². The van der Waals surface area contributed by atoms with Gasteiger partial charge in [0.25, 0.3) is 0 Å². The van der Waals surface area contributed by atoms with Crippen molar-refractivity contribution in [3.63, 3.8) is 0 Å². The van der Waals surface area contributed by atoms with Gasteiger partial charge in [0.2, 0.25) is 0 Å². The minimum Gasteiger partial charge on any atom is -0.469 e. The standard InChI is InChI=1S/C25H39NO4/c1-9-10-14-19(17-20(27)29-8)21(23(28)30-25(5,6)7)26-22(24(2,3)4)18-15-12-11-13-16-18/h11-13,15-16,19,21H,9-10,14,17H2,1-8H3/t19-,21-/m1/s1. The largest absolute Gasteiger partial charge is 0.469 e. The molecule has 0 amide bonds. The lowest BCUT2D eigenvalue weighted by Gasteiger charge is -2.30. The first-order valence-electron chi connectivity index (χ1n) is 10.8. The van der Waals surface area contributed by atoms with Gasteiger partial charge in [-0.1, -0.05) is 70.9 Å². The number of carbonyl (C=O) groups excluding carboxylic acids is 2. The number of aliphatic imine (C=N–C) groups is 1. The number of unbranched alkanes of at least 4 members (excludes halogenated alkanes) is 1. The van der Waals surface area contributed by atoms with Crippen LogP contribution in [0.1, 0.15) is 79.7 Å². The molecule has 0 bridgehead atoms. The Bertz CT molecular complexity index is 711. The summed E-state index contributed by atoms with van der Waals surface area (Å²) in [5.41, 5.74) is 0.860. The molecule has 0 aliphatic rings. The van der Waals surface area contributed by atoms with Gasteiger partial charge in [-0.3, -0.25) is 9.79 Å². The number of benzene rings is 1. The number of rotatable bonds is 9. The van der Waals surface area contributed by atoms with E-state index in [1.807, 2.05) is 51.1 Å². The van der Waals surface area contributed by atoms with Gasteiger partial charge in [-0.05, 0) is 32.8 Å². The number of nitrogens with zero attached hydrogens (tertiary/aromatic N) is 1. The average molecular weight is 418 g/mol. The van der Waals surface area contributed by atoms with E-state index in [1.165, 1.54) is 7.11 Å². The first-order chi connectivity index (χ1) is 13.9. The highest BCUT2D eigenvalue weighted by atomic mass is 16.6. The Morgan fingerprint density at radius 2 is 1.63 bits per heavy atom. The van der Waals surface area contributed by atoms with E-state index in [9.17, 15) is 9.59 Å². The van der Waals surface area contributed by atoms with Crippen LogP contribution in [0.5, 0.6) is 0 Å². The van der Waals surface area contributed by atoms with Crippen LogP contribution in [0.2, 0.25) is 0 Å². The van der Waals surface area contributed by atoms with Crippen LogP contribution in [0, 0.1) is 11.3 Å². The molecular weight excluding hydrogens is 378 g/mol. The average Bonchev–Trinajstić information content (AvgIpc) is 2.64. The second kappa shape index (κ2) is 11.3. The number of hydrogen-bond donors (Lipinski definition) is 0. The van der Waals surface area contributed by atoms with E-state index < -0.39 is 17.6 Å². The zero-order valence-electron chi connectivity index (χ0n) is 20.0. The molecule has 1 aromatic carbocycles. The van der Waals surface area contributed by atoms with Crippen LogP contribution in [0.25, 0.3) is 0 Å². The summed E-state index contributed by atoms with van der Waals surface area (Å²) in [6.45, 7) is 13.8. The third kappa shape index (κ3) is 8.68. The second-order valence-electron chi connectivity index (χ2n) is 9.75. The molecule has 0 saturated heterocycles. The van der Waals surface area contributed by atoms with Gasteiger partial charge in [0.1, 0.15) is 5.60 Å². The Morgan fingerprint density at radius 1 is 1.03 bits per heavy atom. The van der Waals surface area contributed by atoms with Gasteiger partial charge in [0, 0.05) is 17.0 Å². The summed E-state index contributed by atoms with van der Waals surface area (Å²) in [5.74, 6) is -1.02. The molecule has 1 rings (SSSR count). The Hall–Kier alpha value is -2.17. The Morgan fingerprint density at radius 3 is 2.10 bits per heavy atom. The SMILES string of the molecule is CCCC[C@H](CC(=O)OC)[C@@H](N=C(c1ccccc1)C(C)(C)C)C(=O)OC(C)(C)C. The molecule has 168 valence electrons. The van der Waals surface area contributed by atoms with E-state index in [1.54, 1.807) is 0 Å². The van der Waals surface area contributed by atoms with Crippen LogP contribution in [-0.2, 0) is 19.1 Å². The van der Waals surface area contributed by atoms with Gasteiger partial charge < -0.3 is 9.47 Å². The van der Waals surface area contributed by atoms with Crippen molar-refractivity contribution >= 4 is 17.7 Å². The van der Waals surface area contributed by atoms with Gasteiger partial charge in [-0.25, -0.2) is 4.79 Å². The number of carbonyl (C=O) groups is 2. The van der Waals surface area contributed by atoms with Crippen molar-refractivity contribution in [3.05, 3.63) is 35.9 Å². The van der Waals surface area contributed by atoms with Gasteiger partial charge in [0.15, 0.2) is 6.04 Å². The predicted molar refractivity (Wildman–Crippen MR) is 122 cm³/mol. The molecule has 30 heavy (non-hydrogen) atoms. The lowest BCUT2D eigenvalue weighted by atomic mass is 9.84. The summed E-state index contributed by atoms with van der Waals surface area (Å²) in [6.07, 6.45) is 2.70. The Balaban J connectivity index is 3.52. The molecule has 0 N–H and O–H groups in total.